The molecule has 25 heavy (non-hydrogen) atoms. The lowest BCUT2D eigenvalue weighted by molar-refractivity contribution is -0.110. The van der Waals surface area contributed by atoms with E-state index in [0.29, 0.717) is 0 Å². The van der Waals surface area contributed by atoms with E-state index in [0.717, 1.165) is 28.9 Å². The zero-order valence-electron chi connectivity index (χ0n) is 14.4. The Balaban J connectivity index is 1.87. The Hall–Kier alpha value is -2.91. The van der Waals surface area contributed by atoms with Crippen molar-refractivity contribution in [2.24, 2.45) is 0 Å². The first-order valence-corrected chi connectivity index (χ1v) is 8.41. The minimum absolute atomic E-state index is 0.0370. The standard InChI is InChI=1S/C22H20N2O/c1-24(2)14-16-12-15(17-8-4-3-5-9-18(16)17)13-20-19-10-6-7-11-21(19)23-22(20)25/h3-13H,14H2,1-2H3,(H,23,25)/b20-13+. The van der Waals surface area contributed by atoms with Gasteiger partial charge in [-0.05, 0) is 54.6 Å². The molecule has 3 aliphatic rings. The van der Waals surface area contributed by atoms with Gasteiger partial charge in [0.05, 0.1) is 0 Å². The Labute approximate surface area is 147 Å². The highest BCUT2D eigenvalue weighted by Crippen LogP contribution is 2.38. The molecule has 0 fully saturated rings. The van der Waals surface area contributed by atoms with Crippen molar-refractivity contribution in [3.8, 4) is 11.1 Å². The largest absolute Gasteiger partial charge is 0.321 e. The molecule has 3 nitrogen and oxygen atoms in total. The van der Waals surface area contributed by atoms with Crippen LogP contribution >= 0.6 is 0 Å². The van der Waals surface area contributed by atoms with Crippen LogP contribution in [0.3, 0.4) is 0 Å². The van der Waals surface area contributed by atoms with Gasteiger partial charge in [0.25, 0.3) is 5.91 Å². The van der Waals surface area contributed by atoms with Gasteiger partial charge in [-0.25, -0.2) is 0 Å². The fraction of sp³-hybridized carbons (Fsp3) is 0.136. The number of benzene rings is 1. The summed E-state index contributed by atoms with van der Waals surface area (Å²) in [6, 6.07) is 20.5. The molecular weight excluding hydrogens is 308 g/mol. The Kier molecular flexibility index (Phi) is 3.86. The quantitative estimate of drug-likeness (QED) is 0.725. The molecule has 4 rings (SSSR count). The number of hydrogen-bond acceptors (Lipinski definition) is 2. The third-order valence-electron chi connectivity index (χ3n) is 4.52. The summed E-state index contributed by atoms with van der Waals surface area (Å²) < 4.78 is 0. The second-order valence-electron chi connectivity index (χ2n) is 6.66. The lowest BCUT2D eigenvalue weighted by Gasteiger charge is -2.09. The predicted octanol–water partition coefficient (Wildman–Crippen LogP) is 4.35. The zero-order valence-corrected chi connectivity index (χ0v) is 14.4. The molecule has 0 unspecified atom stereocenters. The number of anilines is 1. The summed E-state index contributed by atoms with van der Waals surface area (Å²) in [5, 5.41) is 2.95. The van der Waals surface area contributed by atoms with Gasteiger partial charge in [-0.15, -0.1) is 0 Å². The van der Waals surface area contributed by atoms with E-state index in [1.54, 1.807) is 0 Å². The van der Waals surface area contributed by atoms with Crippen molar-refractivity contribution in [1.82, 2.24) is 4.90 Å². The highest BCUT2D eigenvalue weighted by molar-refractivity contribution is 6.35. The van der Waals surface area contributed by atoms with Crippen molar-refractivity contribution in [2.45, 2.75) is 6.54 Å². The van der Waals surface area contributed by atoms with E-state index < -0.39 is 0 Å². The maximum absolute atomic E-state index is 12.4. The average molecular weight is 328 g/mol. The zero-order chi connectivity index (χ0) is 17.4. The van der Waals surface area contributed by atoms with Crippen molar-refractivity contribution in [3.63, 3.8) is 0 Å². The Morgan fingerprint density at radius 3 is 2.40 bits per heavy atom. The lowest BCUT2D eigenvalue weighted by atomic mass is 10.0. The Morgan fingerprint density at radius 1 is 0.920 bits per heavy atom. The van der Waals surface area contributed by atoms with Crippen LogP contribution in [-0.2, 0) is 11.3 Å². The minimum atomic E-state index is -0.0370. The van der Waals surface area contributed by atoms with E-state index >= 15 is 0 Å². The van der Waals surface area contributed by atoms with Crippen LogP contribution in [0.4, 0.5) is 5.69 Å². The summed E-state index contributed by atoms with van der Waals surface area (Å²) in [5.74, 6) is -0.0370. The van der Waals surface area contributed by atoms with E-state index in [4.69, 9.17) is 0 Å². The SMILES string of the molecule is CN(C)Cc1cc(/C=C2/C(=O)Nc3ccccc32)c2cccccc1-2. The summed E-state index contributed by atoms with van der Waals surface area (Å²) in [7, 11) is 4.14. The third kappa shape index (κ3) is 2.83. The molecule has 0 aromatic heterocycles. The summed E-state index contributed by atoms with van der Waals surface area (Å²) in [5.41, 5.74) is 7.35. The molecule has 1 heterocycles. The van der Waals surface area contributed by atoms with Crippen LogP contribution in [0.25, 0.3) is 22.8 Å². The summed E-state index contributed by atoms with van der Waals surface area (Å²) in [6.45, 7) is 0.868. The number of fused-ring (bicyclic) bond motifs is 2. The number of carbonyl (C=O) groups excluding carboxylic acids is 1. The number of nitrogens with one attached hydrogen (secondary N) is 1. The van der Waals surface area contributed by atoms with Crippen LogP contribution in [0.1, 0.15) is 16.7 Å². The molecule has 0 bridgehead atoms. The minimum Gasteiger partial charge on any atom is -0.321 e. The van der Waals surface area contributed by atoms with E-state index in [1.807, 2.05) is 42.5 Å². The van der Waals surface area contributed by atoms with Crippen LogP contribution in [0.2, 0.25) is 0 Å². The topological polar surface area (TPSA) is 32.3 Å². The Bertz CT molecular complexity index is 956. The Morgan fingerprint density at radius 2 is 1.60 bits per heavy atom. The average Bonchev–Trinajstić information content (AvgIpc) is 2.93. The summed E-state index contributed by atoms with van der Waals surface area (Å²) in [6.07, 6.45) is 2.02. The molecular formula is C22H20N2O. The monoisotopic (exact) mass is 328 g/mol. The molecule has 1 aromatic carbocycles. The number of nitrogens with zero attached hydrogens (tertiary/aromatic N) is 1. The first-order valence-electron chi connectivity index (χ1n) is 8.41. The molecule has 1 aromatic rings. The van der Waals surface area contributed by atoms with Crippen LogP contribution in [0.5, 0.6) is 0 Å². The van der Waals surface area contributed by atoms with Crippen molar-refractivity contribution < 1.29 is 4.79 Å². The van der Waals surface area contributed by atoms with Gasteiger partial charge in [0.15, 0.2) is 0 Å². The highest BCUT2D eigenvalue weighted by Gasteiger charge is 2.24. The second kappa shape index (κ2) is 6.19. The molecule has 1 N–H and O–H groups in total. The van der Waals surface area contributed by atoms with Gasteiger partial charge in [-0.3, -0.25) is 4.79 Å². The van der Waals surface area contributed by atoms with Crippen LogP contribution < -0.4 is 5.32 Å². The fourth-order valence-corrected chi connectivity index (χ4v) is 3.45. The van der Waals surface area contributed by atoms with Crippen LogP contribution in [-0.4, -0.2) is 24.9 Å². The van der Waals surface area contributed by atoms with Gasteiger partial charge in [0.2, 0.25) is 0 Å². The van der Waals surface area contributed by atoms with E-state index in [9.17, 15) is 4.79 Å². The maximum atomic E-state index is 12.4. The van der Waals surface area contributed by atoms with Gasteiger partial charge in [-0.1, -0.05) is 48.5 Å². The van der Waals surface area contributed by atoms with Gasteiger partial charge >= 0.3 is 0 Å². The molecule has 1 aliphatic heterocycles. The first-order chi connectivity index (χ1) is 12.1. The van der Waals surface area contributed by atoms with E-state index in [1.165, 1.54) is 16.7 Å². The van der Waals surface area contributed by atoms with E-state index in [-0.39, 0.29) is 5.91 Å². The number of rotatable bonds is 3. The molecule has 124 valence electrons. The fourth-order valence-electron chi connectivity index (χ4n) is 3.45. The van der Waals surface area contributed by atoms with Crippen LogP contribution in [0.15, 0.2) is 60.7 Å². The number of amides is 1. The molecule has 0 saturated heterocycles. The molecule has 3 heteroatoms. The third-order valence-corrected chi connectivity index (χ3v) is 4.52. The maximum Gasteiger partial charge on any atom is 0.256 e. The van der Waals surface area contributed by atoms with Gasteiger partial charge in [0, 0.05) is 23.4 Å². The number of para-hydroxylation sites is 1. The predicted molar refractivity (Wildman–Crippen MR) is 103 cm³/mol. The van der Waals surface area contributed by atoms with Gasteiger partial charge < -0.3 is 10.2 Å². The van der Waals surface area contributed by atoms with Crippen molar-refractivity contribution in [1.29, 1.82) is 0 Å². The van der Waals surface area contributed by atoms with Gasteiger partial charge in [-0.2, -0.15) is 0 Å². The van der Waals surface area contributed by atoms with Crippen LogP contribution in [0, 0.1) is 0 Å². The molecule has 1 amide bonds. The summed E-state index contributed by atoms with van der Waals surface area (Å²) in [4.78, 5) is 14.6. The van der Waals surface area contributed by atoms with Crippen molar-refractivity contribution in [2.75, 3.05) is 19.4 Å². The first kappa shape index (κ1) is 15.6. The number of carbonyl (C=O) groups is 1. The number of hydrogen-bond donors (Lipinski definition) is 1. The molecule has 2 aliphatic carbocycles. The second-order valence-corrected chi connectivity index (χ2v) is 6.66. The van der Waals surface area contributed by atoms with E-state index in [2.05, 4.69) is 48.6 Å². The molecule has 0 spiro atoms. The van der Waals surface area contributed by atoms with Crippen molar-refractivity contribution >= 4 is 23.2 Å². The lowest BCUT2D eigenvalue weighted by Crippen LogP contribution is -2.10. The van der Waals surface area contributed by atoms with Gasteiger partial charge in [0.1, 0.15) is 0 Å². The summed E-state index contributed by atoms with van der Waals surface area (Å²) >= 11 is 0. The highest BCUT2D eigenvalue weighted by atomic mass is 16.2. The normalized spacial score (nSPS) is 15.0. The molecule has 0 saturated carbocycles. The molecule has 0 radical (unpaired) electrons. The smallest absolute Gasteiger partial charge is 0.256 e. The van der Waals surface area contributed by atoms with Crippen molar-refractivity contribution in [3.05, 3.63) is 77.4 Å². The molecule has 0 atom stereocenters.